The molecule has 2 rings (SSSR count). The van der Waals surface area contributed by atoms with Crippen LogP contribution in [0.2, 0.25) is 0 Å². The summed E-state index contributed by atoms with van der Waals surface area (Å²) >= 11 is 1.74. The third-order valence-corrected chi connectivity index (χ3v) is 3.86. The molecule has 0 aliphatic carbocycles. The maximum absolute atomic E-state index is 5.35. The van der Waals surface area contributed by atoms with Crippen molar-refractivity contribution < 1.29 is 4.74 Å². The first-order valence-corrected chi connectivity index (χ1v) is 7.20. The van der Waals surface area contributed by atoms with Crippen LogP contribution < -0.4 is 10.2 Å². The Morgan fingerprint density at radius 2 is 2.29 bits per heavy atom. The average Bonchev–Trinajstić information content (AvgIpc) is 2.86. The molecule has 0 saturated carbocycles. The van der Waals surface area contributed by atoms with Crippen molar-refractivity contribution in [1.82, 2.24) is 10.3 Å². The van der Waals surface area contributed by atoms with Crippen LogP contribution in [0.25, 0.3) is 0 Å². The van der Waals surface area contributed by atoms with E-state index in [-0.39, 0.29) is 0 Å². The van der Waals surface area contributed by atoms with Gasteiger partial charge >= 0.3 is 0 Å². The summed E-state index contributed by atoms with van der Waals surface area (Å²) in [6.07, 6.45) is 1.16. The van der Waals surface area contributed by atoms with Crippen LogP contribution in [-0.4, -0.2) is 37.8 Å². The molecule has 1 unspecified atom stereocenters. The first-order chi connectivity index (χ1) is 8.31. The lowest BCUT2D eigenvalue weighted by Crippen LogP contribution is -2.36. The van der Waals surface area contributed by atoms with Gasteiger partial charge in [-0.1, -0.05) is 6.92 Å². The number of hydrogen-bond acceptors (Lipinski definition) is 5. The molecule has 1 saturated heterocycles. The highest BCUT2D eigenvalue weighted by Gasteiger charge is 2.16. The van der Waals surface area contributed by atoms with E-state index < -0.39 is 0 Å². The van der Waals surface area contributed by atoms with Crippen molar-refractivity contribution in [3.05, 3.63) is 11.1 Å². The largest absolute Gasteiger partial charge is 0.378 e. The standard InChI is InChI=1S/C12H21N3OS/c1-3-4-13-10(2)11-9-17-12(14-11)15-5-7-16-8-6-15/h9-10,13H,3-8H2,1-2H3. The summed E-state index contributed by atoms with van der Waals surface area (Å²) in [4.78, 5) is 7.02. The molecular weight excluding hydrogens is 234 g/mol. The minimum atomic E-state index is 0.348. The third kappa shape index (κ3) is 3.40. The van der Waals surface area contributed by atoms with E-state index in [0.717, 1.165) is 50.1 Å². The first-order valence-electron chi connectivity index (χ1n) is 6.32. The molecule has 0 amide bonds. The van der Waals surface area contributed by atoms with Gasteiger partial charge in [-0.3, -0.25) is 0 Å². The van der Waals surface area contributed by atoms with Gasteiger partial charge in [0, 0.05) is 24.5 Å². The Balaban J connectivity index is 1.94. The first kappa shape index (κ1) is 12.8. The fourth-order valence-electron chi connectivity index (χ4n) is 1.84. The van der Waals surface area contributed by atoms with Crippen LogP contribution in [0.15, 0.2) is 5.38 Å². The summed E-state index contributed by atoms with van der Waals surface area (Å²) in [5.41, 5.74) is 1.16. The van der Waals surface area contributed by atoms with Crippen LogP contribution in [0.4, 0.5) is 5.13 Å². The van der Waals surface area contributed by atoms with Gasteiger partial charge in [0.15, 0.2) is 5.13 Å². The van der Waals surface area contributed by atoms with Gasteiger partial charge in [0.05, 0.1) is 18.9 Å². The van der Waals surface area contributed by atoms with E-state index in [1.807, 2.05) is 0 Å². The van der Waals surface area contributed by atoms with Gasteiger partial charge in [-0.2, -0.15) is 0 Å². The van der Waals surface area contributed by atoms with E-state index in [2.05, 4.69) is 29.4 Å². The molecule has 1 aromatic rings. The van der Waals surface area contributed by atoms with Gasteiger partial charge in [0.2, 0.25) is 0 Å². The lowest BCUT2D eigenvalue weighted by atomic mass is 10.2. The molecule has 1 aromatic heterocycles. The van der Waals surface area contributed by atoms with Crippen molar-refractivity contribution in [2.75, 3.05) is 37.7 Å². The van der Waals surface area contributed by atoms with Crippen LogP contribution >= 0.6 is 11.3 Å². The van der Waals surface area contributed by atoms with E-state index in [0.29, 0.717) is 6.04 Å². The predicted octanol–water partition coefficient (Wildman–Crippen LogP) is 2.04. The normalized spacial score (nSPS) is 18.4. The molecular formula is C12H21N3OS. The SMILES string of the molecule is CCCNC(C)c1csc(N2CCOCC2)n1. The molecule has 5 heteroatoms. The van der Waals surface area contributed by atoms with Gasteiger partial charge in [0.25, 0.3) is 0 Å². The Kier molecular flexibility index (Phi) is 4.76. The van der Waals surface area contributed by atoms with E-state index in [9.17, 15) is 0 Å². The summed E-state index contributed by atoms with van der Waals surface area (Å²) in [5.74, 6) is 0. The van der Waals surface area contributed by atoms with Gasteiger partial charge < -0.3 is 15.0 Å². The fraction of sp³-hybridized carbons (Fsp3) is 0.750. The van der Waals surface area contributed by atoms with Gasteiger partial charge in [-0.25, -0.2) is 4.98 Å². The van der Waals surface area contributed by atoms with E-state index in [4.69, 9.17) is 9.72 Å². The highest BCUT2D eigenvalue weighted by atomic mass is 32.1. The van der Waals surface area contributed by atoms with E-state index in [1.165, 1.54) is 0 Å². The average molecular weight is 255 g/mol. The second-order valence-corrected chi connectivity index (χ2v) is 5.17. The minimum absolute atomic E-state index is 0.348. The topological polar surface area (TPSA) is 37.4 Å². The molecule has 2 heterocycles. The van der Waals surface area contributed by atoms with Crippen molar-refractivity contribution in [2.24, 2.45) is 0 Å². The Hall–Kier alpha value is -0.650. The fourth-order valence-corrected chi connectivity index (χ4v) is 2.81. The predicted molar refractivity (Wildman–Crippen MR) is 71.9 cm³/mol. The number of ether oxygens (including phenoxy) is 1. The molecule has 17 heavy (non-hydrogen) atoms. The van der Waals surface area contributed by atoms with Crippen LogP contribution in [-0.2, 0) is 4.74 Å². The quantitative estimate of drug-likeness (QED) is 0.873. The Morgan fingerprint density at radius 3 is 3.00 bits per heavy atom. The summed E-state index contributed by atoms with van der Waals surface area (Å²) in [6, 6.07) is 0.348. The zero-order valence-electron chi connectivity index (χ0n) is 10.6. The monoisotopic (exact) mass is 255 g/mol. The molecule has 96 valence electrons. The van der Waals surface area contributed by atoms with Crippen molar-refractivity contribution in [3.8, 4) is 0 Å². The summed E-state index contributed by atoms with van der Waals surface area (Å²) in [5, 5.41) is 6.76. The molecule has 1 fully saturated rings. The second-order valence-electron chi connectivity index (χ2n) is 4.33. The van der Waals surface area contributed by atoms with Gasteiger partial charge in [-0.15, -0.1) is 11.3 Å². The van der Waals surface area contributed by atoms with Crippen LogP contribution in [0, 0.1) is 0 Å². The number of morpholine rings is 1. The Morgan fingerprint density at radius 1 is 1.53 bits per heavy atom. The number of anilines is 1. The molecule has 4 nitrogen and oxygen atoms in total. The van der Waals surface area contributed by atoms with Gasteiger partial charge in [0.1, 0.15) is 0 Å². The molecule has 1 aliphatic heterocycles. The molecule has 0 bridgehead atoms. The van der Waals surface area contributed by atoms with Crippen LogP contribution in [0.3, 0.4) is 0 Å². The zero-order chi connectivity index (χ0) is 12.1. The maximum Gasteiger partial charge on any atom is 0.185 e. The molecule has 0 spiro atoms. The van der Waals surface area contributed by atoms with Crippen molar-refractivity contribution in [3.63, 3.8) is 0 Å². The second kappa shape index (κ2) is 6.33. The molecule has 0 radical (unpaired) electrons. The lowest BCUT2D eigenvalue weighted by Gasteiger charge is -2.26. The molecule has 1 atom stereocenters. The lowest BCUT2D eigenvalue weighted by molar-refractivity contribution is 0.122. The highest BCUT2D eigenvalue weighted by molar-refractivity contribution is 7.13. The smallest absolute Gasteiger partial charge is 0.185 e. The number of nitrogens with zero attached hydrogens (tertiary/aromatic N) is 2. The minimum Gasteiger partial charge on any atom is -0.378 e. The number of thiazole rings is 1. The Labute approximate surface area is 107 Å². The zero-order valence-corrected chi connectivity index (χ0v) is 11.4. The molecule has 0 aromatic carbocycles. The third-order valence-electron chi connectivity index (χ3n) is 2.94. The highest BCUT2D eigenvalue weighted by Crippen LogP contribution is 2.24. The van der Waals surface area contributed by atoms with Crippen molar-refractivity contribution in [2.45, 2.75) is 26.3 Å². The van der Waals surface area contributed by atoms with E-state index >= 15 is 0 Å². The number of rotatable bonds is 5. The maximum atomic E-state index is 5.35. The number of nitrogens with one attached hydrogen (secondary N) is 1. The van der Waals surface area contributed by atoms with Crippen molar-refractivity contribution in [1.29, 1.82) is 0 Å². The summed E-state index contributed by atoms with van der Waals surface area (Å²) in [7, 11) is 0. The van der Waals surface area contributed by atoms with Crippen LogP contribution in [0.5, 0.6) is 0 Å². The van der Waals surface area contributed by atoms with Crippen LogP contribution in [0.1, 0.15) is 32.0 Å². The molecule has 1 aliphatic rings. The number of aromatic nitrogens is 1. The number of hydrogen-bond donors (Lipinski definition) is 1. The van der Waals surface area contributed by atoms with Gasteiger partial charge in [-0.05, 0) is 19.9 Å². The van der Waals surface area contributed by atoms with Crippen molar-refractivity contribution >= 4 is 16.5 Å². The molecule has 1 N–H and O–H groups in total. The summed E-state index contributed by atoms with van der Waals surface area (Å²) in [6.45, 7) is 8.96. The summed E-state index contributed by atoms with van der Waals surface area (Å²) < 4.78 is 5.35. The van der Waals surface area contributed by atoms with E-state index in [1.54, 1.807) is 11.3 Å². The Bertz CT molecular complexity index is 336.